The minimum absolute atomic E-state index is 0.0572. The first kappa shape index (κ1) is 22.1. The van der Waals surface area contributed by atoms with Crippen LogP contribution in [-0.4, -0.2) is 32.7 Å². The minimum atomic E-state index is -1.05. The van der Waals surface area contributed by atoms with Crippen molar-refractivity contribution in [1.82, 2.24) is 14.5 Å². The fraction of sp³-hybridized carbons (Fsp3) is 0.250. The number of aromatic nitrogens is 3. The number of rotatable bonds is 7. The van der Waals surface area contributed by atoms with Crippen LogP contribution in [0.3, 0.4) is 0 Å². The summed E-state index contributed by atoms with van der Waals surface area (Å²) in [5.41, 5.74) is 0.935. The zero-order valence-corrected chi connectivity index (χ0v) is 18.2. The normalized spacial score (nSPS) is 12.1. The molecule has 4 rings (SSSR count). The van der Waals surface area contributed by atoms with Crippen LogP contribution in [0, 0.1) is 6.92 Å². The average Bonchev–Trinajstić information content (AvgIpc) is 3.32. The van der Waals surface area contributed by atoms with E-state index in [1.165, 1.54) is 24.0 Å². The van der Waals surface area contributed by atoms with Crippen molar-refractivity contribution in [1.29, 1.82) is 0 Å². The Bertz CT molecular complexity index is 1420. The number of nitrogens with zero attached hydrogens (tertiary/aromatic N) is 2. The van der Waals surface area contributed by atoms with Gasteiger partial charge in [0.05, 0.1) is 37.1 Å². The van der Waals surface area contributed by atoms with E-state index in [-0.39, 0.29) is 28.7 Å². The monoisotopic (exact) mass is 449 g/mol. The summed E-state index contributed by atoms with van der Waals surface area (Å²) in [6.45, 7) is 2.02. The molecule has 0 saturated carbocycles. The highest BCUT2D eigenvalue weighted by molar-refractivity contribution is 5.77. The van der Waals surface area contributed by atoms with Crippen molar-refractivity contribution in [3.63, 3.8) is 0 Å². The maximum Gasteiger partial charge on any atom is 0.306 e. The predicted octanol–water partition coefficient (Wildman–Crippen LogP) is 2.63. The highest BCUT2D eigenvalue weighted by Crippen LogP contribution is 2.32. The minimum Gasteiger partial charge on any atom is -0.507 e. The number of aromatic amines is 1. The van der Waals surface area contributed by atoms with Gasteiger partial charge >= 0.3 is 5.97 Å². The van der Waals surface area contributed by atoms with Crippen LogP contribution in [0.2, 0.25) is 0 Å². The Morgan fingerprint density at radius 1 is 1.30 bits per heavy atom. The number of pyridine rings is 1. The van der Waals surface area contributed by atoms with Crippen LogP contribution in [0.5, 0.6) is 5.75 Å². The number of hydrogen-bond acceptors (Lipinski definition) is 7. The van der Waals surface area contributed by atoms with E-state index in [4.69, 9.17) is 9.15 Å². The lowest BCUT2D eigenvalue weighted by Crippen LogP contribution is -2.30. The predicted molar refractivity (Wildman–Crippen MR) is 120 cm³/mol. The Morgan fingerprint density at radius 3 is 2.82 bits per heavy atom. The average molecular weight is 449 g/mol. The Morgan fingerprint density at radius 2 is 2.09 bits per heavy atom. The molecule has 1 atom stereocenters. The summed E-state index contributed by atoms with van der Waals surface area (Å²) in [7, 11) is 1.22. The number of aromatic hydroxyl groups is 1. The molecule has 0 amide bonds. The number of ether oxygens (including phenoxy) is 1. The topological polar surface area (TPSA) is 127 Å². The van der Waals surface area contributed by atoms with Gasteiger partial charge in [0, 0.05) is 42.0 Å². The van der Waals surface area contributed by atoms with Gasteiger partial charge in [-0.3, -0.25) is 14.4 Å². The number of carbonyl (C=O) groups is 1. The number of para-hydroxylation sites is 1. The Hall–Kier alpha value is -4.14. The molecule has 0 aliphatic heterocycles. The van der Waals surface area contributed by atoms with Crippen molar-refractivity contribution in [3.05, 3.63) is 92.2 Å². The van der Waals surface area contributed by atoms with Crippen LogP contribution < -0.4 is 11.0 Å². The lowest BCUT2D eigenvalue weighted by atomic mass is 9.88. The number of H-pyrrole nitrogens is 1. The molecule has 2 N–H and O–H groups in total. The van der Waals surface area contributed by atoms with Gasteiger partial charge in [-0.05, 0) is 25.1 Å². The molecule has 0 fully saturated rings. The molecule has 170 valence electrons. The smallest absolute Gasteiger partial charge is 0.306 e. The summed E-state index contributed by atoms with van der Waals surface area (Å²) >= 11 is 0. The number of nitrogens with one attached hydrogen (secondary N) is 1. The number of aryl methyl sites for hydroxylation is 2. The van der Waals surface area contributed by atoms with Crippen molar-refractivity contribution in [2.24, 2.45) is 0 Å². The van der Waals surface area contributed by atoms with Crippen molar-refractivity contribution in [3.8, 4) is 5.75 Å². The van der Waals surface area contributed by atoms with Gasteiger partial charge in [0.1, 0.15) is 11.3 Å². The van der Waals surface area contributed by atoms with E-state index >= 15 is 0 Å². The third kappa shape index (κ3) is 4.30. The second-order valence-corrected chi connectivity index (χ2v) is 7.72. The second-order valence-electron chi connectivity index (χ2n) is 7.72. The van der Waals surface area contributed by atoms with Gasteiger partial charge in [-0.2, -0.15) is 0 Å². The number of hydrogen-bond donors (Lipinski definition) is 2. The van der Waals surface area contributed by atoms with Crippen LogP contribution in [0.4, 0.5) is 0 Å². The summed E-state index contributed by atoms with van der Waals surface area (Å²) in [5.74, 6) is -1.97. The van der Waals surface area contributed by atoms with Crippen molar-refractivity contribution >= 4 is 16.9 Å². The summed E-state index contributed by atoms with van der Waals surface area (Å²) in [6.07, 6.45) is 4.66. The zero-order valence-electron chi connectivity index (χ0n) is 18.2. The fourth-order valence-corrected chi connectivity index (χ4v) is 3.98. The second kappa shape index (κ2) is 9.15. The summed E-state index contributed by atoms with van der Waals surface area (Å²) in [5, 5.41) is 11.1. The SMILES string of the molecule is COC(=O)CC(c1coc2ccccc2c1=O)c1c(O)cc(C)n(CCc2cnc[nH]2)c1=O. The van der Waals surface area contributed by atoms with E-state index in [0.717, 1.165) is 5.69 Å². The van der Waals surface area contributed by atoms with Gasteiger partial charge in [0.25, 0.3) is 5.56 Å². The maximum absolute atomic E-state index is 13.5. The third-order valence-electron chi connectivity index (χ3n) is 5.71. The molecule has 33 heavy (non-hydrogen) atoms. The third-order valence-corrected chi connectivity index (χ3v) is 5.71. The molecule has 0 bridgehead atoms. The number of benzene rings is 1. The van der Waals surface area contributed by atoms with Gasteiger partial charge < -0.3 is 23.8 Å². The molecule has 3 aromatic heterocycles. The molecule has 4 aromatic rings. The van der Waals surface area contributed by atoms with Crippen LogP contribution in [0.15, 0.2) is 63.1 Å². The number of carbonyl (C=O) groups excluding carboxylic acids is 1. The van der Waals surface area contributed by atoms with E-state index < -0.39 is 17.4 Å². The summed E-state index contributed by atoms with van der Waals surface area (Å²) < 4.78 is 11.9. The number of imidazole rings is 1. The Labute approximate surface area is 188 Å². The molecule has 0 radical (unpaired) electrons. The van der Waals surface area contributed by atoms with Crippen LogP contribution in [0.1, 0.15) is 34.9 Å². The maximum atomic E-state index is 13.5. The van der Waals surface area contributed by atoms with Crippen LogP contribution in [0.25, 0.3) is 11.0 Å². The van der Waals surface area contributed by atoms with E-state index in [0.29, 0.717) is 29.6 Å². The van der Waals surface area contributed by atoms with Gasteiger partial charge in [-0.1, -0.05) is 12.1 Å². The van der Waals surface area contributed by atoms with Gasteiger partial charge in [-0.15, -0.1) is 0 Å². The molecule has 0 saturated heterocycles. The lowest BCUT2D eigenvalue weighted by Gasteiger charge is -2.20. The first-order valence-corrected chi connectivity index (χ1v) is 10.4. The molecule has 9 heteroatoms. The van der Waals surface area contributed by atoms with E-state index in [1.807, 2.05) is 0 Å². The number of esters is 1. The first-order valence-electron chi connectivity index (χ1n) is 10.4. The van der Waals surface area contributed by atoms with E-state index in [2.05, 4.69) is 9.97 Å². The van der Waals surface area contributed by atoms with Crippen molar-refractivity contribution < 1.29 is 19.1 Å². The van der Waals surface area contributed by atoms with E-state index in [1.54, 1.807) is 43.7 Å². The highest BCUT2D eigenvalue weighted by Gasteiger charge is 2.29. The molecule has 0 aliphatic carbocycles. The van der Waals surface area contributed by atoms with Crippen molar-refractivity contribution in [2.75, 3.05) is 7.11 Å². The van der Waals surface area contributed by atoms with Crippen molar-refractivity contribution in [2.45, 2.75) is 32.2 Å². The molecular formula is C24H23N3O6. The quantitative estimate of drug-likeness (QED) is 0.415. The molecule has 0 aliphatic rings. The zero-order chi connectivity index (χ0) is 23.5. The fourth-order valence-electron chi connectivity index (χ4n) is 3.98. The number of fused-ring (bicyclic) bond motifs is 1. The number of methoxy groups -OCH3 is 1. The summed E-state index contributed by atoms with van der Waals surface area (Å²) in [6, 6.07) is 8.15. The Balaban J connectivity index is 1.87. The molecule has 1 aromatic carbocycles. The first-order chi connectivity index (χ1) is 15.9. The van der Waals surface area contributed by atoms with Crippen LogP contribution in [-0.2, 0) is 22.5 Å². The van der Waals surface area contributed by atoms with Gasteiger partial charge in [-0.25, -0.2) is 4.98 Å². The molecular weight excluding hydrogens is 426 g/mol. The van der Waals surface area contributed by atoms with Crippen LogP contribution >= 0.6 is 0 Å². The molecule has 9 nitrogen and oxygen atoms in total. The standard InChI is InChI=1S/C24H23N3O6/c1-14-9-19(28)22(24(31)27(14)8-7-15-11-25-13-26-15)17(10-21(29)32-2)18-12-33-20-6-4-3-5-16(20)23(18)30/h3-6,9,11-13,17,28H,7-8,10H2,1-2H3,(H,25,26). The van der Waals surface area contributed by atoms with E-state index in [9.17, 15) is 19.5 Å². The molecule has 3 heterocycles. The lowest BCUT2D eigenvalue weighted by molar-refractivity contribution is -0.140. The Kier molecular flexibility index (Phi) is 6.12. The largest absolute Gasteiger partial charge is 0.507 e. The highest BCUT2D eigenvalue weighted by atomic mass is 16.5. The van der Waals surface area contributed by atoms with Gasteiger partial charge in [0.2, 0.25) is 0 Å². The van der Waals surface area contributed by atoms with Gasteiger partial charge in [0.15, 0.2) is 5.43 Å². The molecule has 1 unspecified atom stereocenters. The molecule has 0 spiro atoms. The summed E-state index contributed by atoms with van der Waals surface area (Å²) in [4.78, 5) is 46.0.